The zero-order chi connectivity index (χ0) is 13.4. The molecular weight excluding hydrogens is 341 g/mol. The second-order valence-electron chi connectivity index (χ2n) is 4.80. The lowest BCUT2D eigenvalue weighted by Crippen LogP contribution is -2.48. The van der Waals surface area contributed by atoms with Crippen molar-refractivity contribution in [2.75, 3.05) is 26.2 Å². The van der Waals surface area contributed by atoms with E-state index in [2.05, 4.69) is 31.9 Å². The molecule has 0 saturated carbocycles. The molecule has 1 saturated heterocycles. The Morgan fingerprint density at radius 2 is 1.86 bits per heavy atom. The van der Waals surface area contributed by atoms with E-state index in [0.717, 1.165) is 47.9 Å². The molecule has 0 radical (unpaired) electrons. The van der Waals surface area contributed by atoms with E-state index in [4.69, 9.17) is 4.99 Å². The maximum Gasteiger partial charge on any atom is 0.212 e. The van der Waals surface area contributed by atoms with Crippen molar-refractivity contribution in [3.63, 3.8) is 0 Å². The molecule has 1 aromatic heterocycles. The fraction of sp³-hybridized carbons (Fsp3) is 0.286. The first-order valence-corrected chi connectivity index (χ1v) is 7.58. The van der Waals surface area contributed by atoms with Crippen LogP contribution in [-0.2, 0) is 0 Å². The normalized spacial score (nSPS) is 16.4. The predicted molar refractivity (Wildman–Crippen MR) is 94.2 cm³/mol. The van der Waals surface area contributed by atoms with E-state index in [1.165, 1.54) is 0 Å². The number of nitrogens with zero attached hydrogens (tertiary/aromatic N) is 4. The Bertz CT molecular complexity index is 667. The van der Waals surface area contributed by atoms with Gasteiger partial charge in [0.25, 0.3) is 0 Å². The highest BCUT2D eigenvalue weighted by molar-refractivity contribution is 7.99. The zero-order valence-corrected chi connectivity index (χ0v) is 14.3. The van der Waals surface area contributed by atoms with Gasteiger partial charge in [-0.05, 0) is 23.9 Å². The number of fused-ring (bicyclic) bond motifs is 2. The molecule has 0 bridgehead atoms. The van der Waals surface area contributed by atoms with Crippen molar-refractivity contribution in [3.8, 4) is 0 Å². The van der Waals surface area contributed by atoms with Crippen LogP contribution >= 0.6 is 36.6 Å². The van der Waals surface area contributed by atoms with Gasteiger partial charge in [0.1, 0.15) is 0 Å². The molecule has 2 aliphatic rings. The standard InChI is InChI=1S/C14H15N5S.2ClH/c1-2-4-12-11(3-1)17-13(18-8-5-15-6-9-18)19-10-7-16-14(19)20-12;;/h1-4,7,10,15H,5-6,8-9H2;2*1H. The summed E-state index contributed by atoms with van der Waals surface area (Å²) in [6, 6.07) is 8.25. The largest absolute Gasteiger partial charge is 0.339 e. The molecule has 0 unspecified atom stereocenters. The third kappa shape index (κ3) is 3.10. The monoisotopic (exact) mass is 357 g/mol. The molecule has 0 aliphatic carbocycles. The average Bonchev–Trinajstić information content (AvgIpc) is 2.89. The first-order chi connectivity index (χ1) is 9.92. The number of hydrogen-bond acceptors (Lipinski definition) is 5. The molecular formula is C14H17Cl2N5S. The molecule has 4 rings (SSSR count). The number of hydrogen-bond donors (Lipinski definition) is 1. The maximum absolute atomic E-state index is 4.89. The molecule has 2 aliphatic heterocycles. The van der Waals surface area contributed by atoms with Crippen LogP contribution in [0.25, 0.3) is 0 Å². The molecule has 3 heterocycles. The van der Waals surface area contributed by atoms with Gasteiger partial charge in [0.05, 0.1) is 5.69 Å². The Balaban J connectivity index is 0.000000882. The summed E-state index contributed by atoms with van der Waals surface area (Å²) in [5.74, 6) is 0.983. The fourth-order valence-corrected chi connectivity index (χ4v) is 3.42. The third-order valence-electron chi connectivity index (χ3n) is 3.51. The number of imidazole rings is 1. The van der Waals surface area contributed by atoms with Gasteiger partial charge in [-0.25, -0.2) is 9.98 Å². The van der Waals surface area contributed by atoms with Crippen LogP contribution in [0.3, 0.4) is 0 Å². The van der Waals surface area contributed by atoms with E-state index in [-0.39, 0.29) is 24.8 Å². The van der Waals surface area contributed by atoms with Gasteiger partial charge in [-0.15, -0.1) is 24.8 Å². The lowest BCUT2D eigenvalue weighted by molar-refractivity contribution is 0.347. The van der Waals surface area contributed by atoms with Crippen LogP contribution in [0.1, 0.15) is 0 Å². The van der Waals surface area contributed by atoms with Gasteiger partial charge in [0.2, 0.25) is 5.96 Å². The minimum absolute atomic E-state index is 0. The number of para-hydroxylation sites is 1. The van der Waals surface area contributed by atoms with Crippen molar-refractivity contribution in [1.82, 2.24) is 19.8 Å². The van der Waals surface area contributed by atoms with E-state index in [1.54, 1.807) is 11.8 Å². The van der Waals surface area contributed by atoms with E-state index >= 15 is 0 Å². The molecule has 1 fully saturated rings. The smallest absolute Gasteiger partial charge is 0.212 e. The quantitative estimate of drug-likeness (QED) is 0.787. The summed E-state index contributed by atoms with van der Waals surface area (Å²) in [7, 11) is 0. The number of benzene rings is 1. The Kier molecular flexibility index (Phi) is 5.74. The number of piperazine rings is 1. The molecule has 0 amide bonds. The molecule has 118 valence electrons. The SMILES string of the molecule is Cl.Cl.c1ccc2c(c1)N=C(N1CCNCC1)n1ccnc1S2. The second-order valence-corrected chi connectivity index (χ2v) is 5.81. The highest BCUT2D eigenvalue weighted by atomic mass is 35.5. The first kappa shape index (κ1) is 17.1. The summed E-state index contributed by atoms with van der Waals surface area (Å²) in [5, 5.41) is 4.36. The van der Waals surface area contributed by atoms with Crippen molar-refractivity contribution in [1.29, 1.82) is 0 Å². The predicted octanol–water partition coefficient (Wildman–Crippen LogP) is 2.63. The lowest BCUT2D eigenvalue weighted by atomic mass is 10.3. The topological polar surface area (TPSA) is 45.5 Å². The van der Waals surface area contributed by atoms with E-state index in [0.29, 0.717) is 0 Å². The Morgan fingerprint density at radius 3 is 2.68 bits per heavy atom. The molecule has 0 atom stereocenters. The van der Waals surface area contributed by atoms with E-state index in [9.17, 15) is 0 Å². The molecule has 2 aromatic rings. The number of halogens is 2. The van der Waals surface area contributed by atoms with Crippen LogP contribution in [0.2, 0.25) is 0 Å². The number of aliphatic imine (C=N–C) groups is 1. The second kappa shape index (κ2) is 7.37. The van der Waals surface area contributed by atoms with Gasteiger partial charge in [-0.2, -0.15) is 0 Å². The highest BCUT2D eigenvalue weighted by Crippen LogP contribution is 2.37. The number of aromatic nitrogens is 2. The Hall–Kier alpha value is -1.21. The van der Waals surface area contributed by atoms with Crippen molar-refractivity contribution >= 4 is 48.2 Å². The van der Waals surface area contributed by atoms with Crippen molar-refractivity contribution < 1.29 is 0 Å². The Morgan fingerprint density at radius 1 is 1.09 bits per heavy atom. The summed E-state index contributed by atoms with van der Waals surface area (Å²) in [6.45, 7) is 3.95. The van der Waals surface area contributed by atoms with Gasteiger partial charge in [-0.3, -0.25) is 4.57 Å². The van der Waals surface area contributed by atoms with Crippen LogP contribution in [0.15, 0.2) is 51.7 Å². The average molecular weight is 358 g/mol. The van der Waals surface area contributed by atoms with Gasteiger partial charge < -0.3 is 10.2 Å². The number of nitrogens with one attached hydrogen (secondary N) is 1. The fourth-order valence-electron chi connectivity index (χ4n) is 2.50. The van der Waals surface area contributed by atoms with Gasteiger partial charge >= 0.3 is 0 Å². The highest BCUT2D eigenvalue weighted by Gasteiger charge is 2.22. The lowest BCUT2D eigenvalue weighted by Gasteiger charge is -2.30. The van der Waals surface area contributed by atoms with Crippen molar-refractivity contribution in [2.24, 2.45) is 4.99 Å². The Labute approximate surface area is 146 Å². The van der Waals surface area contributed by atoms with Crippen LogP contribution in [-0.4, -0.2) is 46.6 Å². The molecule has 0 spiro atoms. The van der Waals surface area contributed by atoms with Crippen molar-refractivity contribution in [3.05, 3.63) is 36.7 Å². The summed E-state index contributed by atoms with van der Waals surface area (Å²) in [4.78, 5) is 12.8. The third-order valence-corrected chi connectivity index (χ3v) is 4.56. The van der Waals surface area contributed by atoms with Gasteiger partial charge in [0.15, 0.2) is 5.16 Å². The molecule has 1 aromatic carbocycles. The first-order valence-electron chi connectivity index (χ1n) is 6.77. The summed E-state index contributed by atoms with van der Waals surface area (Å²) in [6.07, 6.45) is 3.84. The van der Waals surface area contributed by atoms with E-state index in [1.807, 2.05) is 24.5 Å². The van der Waals surface area contributed by atoms with E-state index < -0.39 is 0 Å². The van der Waals surface area contributed by atoms with Crippen LogP contribution in [0.5, 0.6) is 0 Å². The van der Waals surface area contributed by atoms with Crippen LogP contribution in [0, 0.1) is 0 Å². The van der Waals surface area contributed by atoms with Crippen LogP contribution < -0.4 is 5.32 Å². The minimum atomic E-state index is 0. The molecule has 5 nitrogen and oxygen atoms in total. The molecule has 22 heavy (non-hydrogen) atoms. The van der Waals surface area contributed by atoms with Gasteiger partial charge in [0, 0.05) is 43.5 Å². The molecule has 1 N–H and O–H groups in total. The summed E-state index contributed by atoms with van der Waals surface area (Å²) >= 11 is 1.67. The van der Waals surface area contributed by atoms with Gasteiger partial charge in [-0.1, -0.05) is 12.1 Å². The minimum Gasteiger partial charge on any atom is -0.339 e. The summed E-state index contributed by atoms with van der Waals surface area (Å²) in [5.41, 5.74) is 1.02. The van der Waals surface area contributed by atoms with Crippen LogP contribution in [0.4, 0.5) is 5.69 Å². The summed E-state index contributed by atoms with van der Waals surface area (Å²) < 4.78 is 2.09. The number of rotatable bonds is 0. The maximum atomic E-state index is 4.89. The zero-order valence-electron chi connectivity index (χ0n) is 11.8. The van der Waals surface area contributed by atoms with Crippen molar-refractivity contribution in [2.45, 2.75) is 10.1 Å². The molecule has 8 heteroatoms.